The summed E-state index contributed by atoms with van der Waals surface area (Å²) in [7, 11) is 0. The smallest absolute Gasteiger partial charge is 0.216 e. The van der Waals surface area contributed by atoms with Crippen LogP contribution in [0.3, 0.4) is 0 Å². The van der Waals surface area contributed by atoms with Gasteiger partial charge in [0.25, 0.3) is 0 Å². The Bertz CT molecular complexity index is 2770. The molecule has 5 heteroatoms. The van der Waals surface area contributed by atoms with Gasteiger partial charge in [-0.05, 0) is 127 Å². The van der Waals surface area contributed by atoms with Crippen LogP contribution in [0, 0.1) is 47.5 Å². The summed E-state index contributed by atoms with van der Waals surface area (Å²) in [6.45, 7) is 8.22. The quantitative estimate of drug-likeness (QED) is 0.156. The Balaban J connectivity index is 0.000000231. The van der Waals surface area contributed by atoms with Crippen LogP contribution in [-0.2, 0) is 39.2 Å². The zero-order valence-electron chi connectivity index (χ0n) is 46.4. The standard InChI is InChI=1S/C30H33N2O.C22H30N.Ir/c1-21-9-10-24-23-7-6-8-25(27(23)33-28(24)32-21)26-19-22(11-18-31-26)20-29(2)14-16-30(17-15-29)12-4-3-5-13-30;1-16-8-10-17(11-9-16)20-12-18(13-21(2,3)4)19(15-23-20)14-22(5,6)7;/h6-7,9-11,18-19H,3-5,12-17,20H2,1-2H3;8-10,12,15H,13-14H2,1-7H3;/q2*-1;/i1D3,20D2;1D3,13D2,14D2;. The molecule has 2 aromatic carbocycles. The van der Waals surface area contributed by atoms with Gasteiger partial charge in [0.1, 0.15) is 0 Å². The van der Waals surface area contributed by atoms with Crippen LogP contribution in [0.1, 0.15) is 151 Å². The van der Waals surface area contributed by atoms with Crippen molar-refractivity contribution in [1.82, 2.24) is 15.0 Å². The number of pyridine rings is 3. The van der Waals surface area contributed by atoms with Gasteiger partial charge in [0, 0.05) is 60.0 Å². The number of aryl methyl sites for hydroxylation is 2. The van der Waals surface area contributed by atoms with Gasteiger partial charge >= 0.3 is 0 Å². The number of nitrogens with zero attached hydrogens (tertiary/aromatic N) is 3. The minimum absolute atomic E-state index is 0. The van der Waals surface area contributed by atoms with Crippen LogP contribution in [-0.4, -0.2) is 15.0 Å². The molecule has 0 atom stereocenters. The maximum absolute atomic E-state index is 9.29. The Kier molecular flexibility index (Phi) is 8.96. The van der Waals surface area contributed by atoms with Crippen molar-refractivity contribution in [1.29, 1.82) is 0 Å². The van der Waals surface area contributed by atoms with Gasteiger partial charge in [0.15, 0.2) is 0 Å². The average molecular weight is 950 g/mol. The first-order valence-electron chi connectivity index (χ1n) is 26.1. The summed E-state index contributed by atoms with van der Waals surface area (Å²) in [6.07, 6.45) is 8.46. The van der Waals surface area contributed by atoms with Crippen LogP contribution in [0.5, 0.6) is 0 Å². The summed E-state index contributed by atoms with van der Waals surface area (Å²) in [5, 5.41) is 1.52. The van der Waals surface area contributed by atoms with E-state index in [0.29, 0.717) is 39.1 Å². The Labute approximate surface area is 373 Å². The molecule has 8 rings (SSSR count). The molecule has 0 saturated heterocycles. The van der Waals surface area contributed by atoms with E-state index in [2.05, 4.69) is 34.0 Å². The van der Waals surface area contributed by atoms with E-state index in [1.54, 1.807) is 78.1 Å². The van der Waals surface area contributed by atoms with Gasteiger partial charge in [-0.2, -0.15) is 0 Å². The maximum Gasteiger partial charge on any atom is 0.216 e. The Morgan fingerprint density at radius 3 is 2.21 bits per heavy atom. The molecule has 303 valence electrons. The zero-order chi connectivity index (χ0) is 50.1. The van der Waals surface area contributed by atoms with Crippen LogP contribution >= 0.6 is 0 Å². The molecule has 4 heterocycles. The molecular weight excluding hydrogens is 875 g/mol. The first kappa shape index (κ1) is 29.5. The average Bonchev–Trinajstić information content (AvgIpc) is 3.65. The SMILES string of the molecule is [2H]C([2H])([2H])c1c[c-]c(-c2cc(C([2H])([2H])C(C)(C)C)c(C([2H])([2H])C(C)(C)C)cn2)cc1.[2H]C([2H])([2H])c1ccc2c(n1)oc1c(-c3cc(C([2H])([2H])C4(C)CCC5(CCCCC5)CC4)ccn3)[c-]ccc12.[Ir]. The summed E-state index contributed by atoms with van der Waals surface area (Å²) in [5.74, 6) is 0. The Morgan fingerprint density at radius 2 is 1.53 bits per heavy atom. The number of aromatic nitrogens is 3. The van der Waals surface area contributed by atoms with E-state index in [0.717, 1.165) is 36.5 Å². The second-order valence-electron chi connectivity index (χ2n) is 18.3. The minimum Gasteiger partial charge on any atom is -0.486 e. The summed E-state index contributed by atoms with van der Waals surface area (Å²) < 4.78 is 105. The van der Waals surface area contributed by atoms with E-state index in [9.17, 15) is 2.74 Å². The first-order chi connectivity index (χ1) is 31.3. The number of hydrogen-bond acceptors (Lipinski definition) is 4. The van der Waals surface area contributed by atoms with E-state index < -0.39 is 49.1 Å². The molecule has 2 fully saturated rings. The van der Waals surface area contributed by atoms with Crippen LogP contribution in [0.25, 0.3) is 44.6 Å². The van der Waals surface area contributed by atoms with E-state index in [4.69, 9.17) is 18.1 Å². The predicted molar refractivity (Wildman–Crippen MR) is 234 cm³/mol. The Hall–Kier alpha value is -3.66. The maximum atomic E-state index is 9.29. The predicted octanol–water partition coefficient (Wildman–Crippen LogP) is 14.3. The van der Waals surface area contributed by atoms with Crippen molar-refractivity contribution in [2.24, 2.45) is 21.7 Å². The molecule has 1 spiro atoms. The summed E-state index contributed by atoms with van der Waals surface area (Å²) >= 11 is 0. The Morgan fingerprint density at radius 1 is 0.772 bits per heavy atom. The monoisotopic (exact) mass is 951 g/mol. The zero-order valence-corrected chi connectivity index (χ0v) is 36.8. The van der Waals surface area contributed by atoms with E-state index in [1.807, 2.05) is 12.1 Å². The third kappa shape index (κ3) is 10.7. The van der Waals surface area contributed by atoms with Crippen molar-refractivity contribution in [3.63, 3.8) is 0 Å². The van der Waals surface area contributed by atoms with Gasteiger partial charge in [-0.1, -0.05) is 103 Å². The van der Waals surface area contributed by atoms with Crippen LogP contribution in [0.15, 0.2) is 77.5 Å². The fourth-order valence-corrected chi connectivity index (χ4v) is 8.26. The number of hydrogen-bond donors (Lipinski definition) is 0. The van der Waals surface area contributed by atoms with Gasteiger partial charge < -0.3 is 14.4 Å². The number of fused-ring (bicyclic) bond motifs is 3. The van der Waals surface area contributed by atoms with E-state index >= 15 is 0 Å². The number of rotatable bonds is 6. The van der Waals surface area contributed by atoms with Crippen molar-refractivity contribution >= 4 is 22.1 Å². The number of benzene rings is 2. The normalized spacial score (nSPS) is 20.9. The molecule has 0 unspecified atom stereocenters. The van der Waals surface area contributed by atoms with Gasteiger partial charge in [0.05, 0.1) is 5.58 Å². The van der Waals surface area contributed by atoms with Crippen LogP contribution in [0.4, 0.5) is 0 Å². The molecular formula is C52H63IrN3O-2. The third-order valence-corrected chi connectivity index (χ3v) is 11.1. The van der Waals surface area contributed by atoms with Crippen molar-refractivity contribution in [2.75, 3.05) is 0 Å². The molecule has 0 N–H and O–H groups in total. The molecule has 6 aromatic rings. The molecule has 57 heavy (non-hydrogen) atoms. The molecule has 0 bridgehead atoms. The summed E-state index contributed by atoms with van der Waals surface area (Å²) in [6, 6.07) is 22.7. The molecule has 4 aromatic heterocycles. The summed E-state index contributed by atoms with van der Waals surface area (Å²) in [4.78, 5) is 13.2. The van der Waals surface area contributed by atoms with Crippen molar-refractivity contribution in [3.8, 4) is 22.5 Å². The molecule has 4 nitrogen and oxygen atoms in total. The van der Waals surface area contributed by atoms with Crippen molar-refractivity contribution in [3.05, 3.63) is 113 Å². The van der Waals surface area contributed by atoms with E-state index in [1.165, 1.54) is 56.5 Å². The largest absolute Gasteiger partial charge is 0.486 e. The molecule has 2 aliphatic carbocycles. The summed E-state index contributed by atoms with van der Waals surface area (Å²) in [5.41, 5.74) is 2.57. The van der Waals surface area contributed by atoms with E-state index in [-0.39, 0.29) is 48.2 Å². The topological polar surface area (TPSA) is 51.8 Å². The van der Waals surface area contributed by atoms with Crippen LogP contribution < -0.4 is 0 Å². The van der Waals surface area contributed by atoms with Gasteiger partial charge in [0.2, 0.25) is 5.71 Å². The molecule has 0 amide bonds. The van der Waals surface area contributed by atoms with Crippen LogP contribution in [0.2, 0.25) is 0 Å². The molecule has 2 saturated carbocycles. The minimum atomic E-state index is -2.32. The second-order valence-corrected chi connectivity index (χ2v) is 18.3. The third-order valence-electron chi connectivity index (χ3n) is 11.1. The fraction of sp³-hybridized carbons (Fsp3) is 0.481. The molecule has 1 radical (unpaired) electrons. The van der Waals surface area contributed by atoms with Gasteiger partial charge in [-0.15, -0.1) is 53.6 Å². The second kappa shape index (κ2) is 17.3. The van der Waals surface area contributed by atoms with Crippen molar-refractivity contribution < 1.29 is 41.0 Å². The van der Waals surface area contributed by atoms with Gasteiger partial charge in [-0.3, -0.25) is 0 Å². The van der Waals surface area contributed by atoms with Gasteiger partial charge in [-0.25, -0.2) is 4.98 Å². The molecule has 2 aliphatic rings. The van der Waals surface area contributed by atoms with Crippen molar-refractivity contribution in [2.45, 2.75) is 139 Å². The first-order valence-corrected chi connectivity index (χ1v) is 20.1. The fourth-order valence-electron chi connectivity index (χ4n) is 8.26. The number of furan rings is 1. The molecule has 0 aliphatic heterocycles.